The largest absolute Gasteiger partial charge is 0.467 e. The number of benzene rings is 1. The molecule has 0 aliphatic carbocycles. The minimum Gasteiger partial charge on any atom is -0.467 e. The monoisotopic (exact) mass is 285 g/mol. The molecule has 5 heteroatoms. The van der Waals surface area contributed by atoms with Crippen molar-refractivity contribution in [3.8, 4) is 0 Å². The maximum Gasteiger partial charge on any atom is 0.146 e. The molecule has 1 aromatic carbocycles. The van der Waals surface area contributed by atoms with Gasteiger partial charge in [-0.25, -0.2) is 9.37 Å². The Kier molecular flexibility index (Phi) is 3.48. The summed E-state index contributed by atoms with van der Waals surface area (Å²) in [6, 6.07) is 8.30. The summed E-state index contributed by atoms with van der Waals surface area (Å²) in [6.45, 7) is 1.86. The van der Waals surface area contributed by atoms with Crippen LogP contribution in [0.4, 0.5) is 10.1 Å². The predicted octanol–water partition coefficient (Wildman–Crippen LogP) is 3.66. The molecule has 0 aliphatic heterocycles. The van der Waals surface area contributed by atoms with Crippen molar-refractivity contribution in [3.05, 3.63) is 72.0 Å². The van der Waals surface area contributed by atoms with Crippen LogP contribution in [0.1, 0.15) is 23.2 Å². The molecule has 0 fully saturated rings. The fourth-order valence-electron chi connectivity index (χ4n) is 2.33. The number of aromatic nitrogens is 2. The highest BCUT2D eigenvalue weighted by atomic mass is 19.1. The molecular weight excluding hydrogens is 269 g/mol. The van der Waals surface area contributed by atoms with Crippen molar-refractivity contribution in [3.63, 3.8) is 0 Å². The zero-order valence-electron chi connectivity index (χ0n) is 11.9. The molecule has 0 radical (unpaired) electrons. The van der Waals surface area contributed by atoms with Crippen molar-refractivity contribution in [1.82, 2.24) is 9.55 Å². The van der Waals surface area contributed by atoms with E-state index in [0.717, 1.165) is 11.4 Å². The molecule has 2 heterocycles. The fourth-order valence-corrected chi connectivity index (χ4v) is 2.33. The maximum atomic E-state index is 14.1. The molecule has 1 unspecified atom stereocenters. The average molecular weight is 285 g/mol. The third-order valence-corrected chi connectivity index (χ3v) is 3.45. The van der Waals surface area contributed by atoms with Crippen molar-refractivity contribution >= 4 is 5.69 Å². The Morgan fingerprint density at radius 3 is 2.76 bits per heavy atom. The Bertz CT molecular complexity index is 714. The lowest BCUT2D eigenvalue weighted by atomic mass is 10.1. The summed E-state index contributed by atoms with van der Waals surface area (Å²) in [5.74, 6) is 1.15. The lowest BCUT2D eigenvalue weighted by molar-refractivity contribution is 0.487. The van der Waals surface area contributed by atoms with Crippen molar-refractivity contribution in [2.45, 2.75) is 13.0 Å². The van der Waals surface area contributed by atoms with Gasteiger partial charge in [-0.1, -0.05) is 12.1 Å². The molecule has 0 saturated carbocycles. The highest BCUT2D eigenvalue weighted by Crippen LogP contribution is 2.29. The molecule has 0 bridgehead atoms. The Morgan fingerprint density at radius 2 is 2.14 bits per heavy atom. The topological polar surface area (TPSA) is 43.0 Å². The Hall–Kier alpha value is -2.56. The zero-order chi connectivity index (χ0) is 14.8. The van der Waals surface area contributed by atoms with Gasteiger partial charge < -0.3 is 14.3 Å². The van der Waals surface area contributed by atoms with Gasteiger partial charge in [0.05, 0.1) is 12.0 Å². The molecule has 3 aromatic rings. The summed E-state index contributed by atoms with van der Waals surface area (Å²) < 4.78 is 21.4. The van der Waals surface area contributed by atoms with Crippen LogP contribution in [-0.4, -0.2) is 9.55 Å². The lowest BCUT2D eigenvalue weighted by Crippen LogP contribution is -2.17. The summed E-state index contributed by atoms with van der Waals surface area (Å²) >= 11 is 0. The zero-order valence-corrected chi connectivity index (χ0v) is 11.9. The molecule has 2 aromatic heterocycles. The van der Waals surface area contributed by atoms with Gasteiger partial charge in [-0.3, -0.25) is 0 Å². The average Bonchev–Trinajstić information content (AvgIpc) is 3.11. The number of hydrogen-bond acceptors (Lipinski definition) is 3. The van der Waals surface area contributed by atoms with Gasteiger partial charge in [0, 0.05) is 19.4 Å². The molecule has 0 amide bonds. The summed E-state index contributed by atoms with van der Waals surface area (Å²) in [5.41, 5.74) is 1.29. The Morgan fingerprint density at radius 1 is 1.29 bits per heavy atom. The van der Waals surface area contributed by atoms with Crippen LogP contribution in [0.25, 0.3) is 0 Å². The molecule has 1 N–H and O–H groups in total. The van der Waals surface area contributed by atoms with Gasteiger partial charge in [0.2, 0.25) is 0 Å². The molecule has 0 aliphatic rings. The van der Waals surface area contributed by atoms with Crippen LogP contribution < -0.4 is 5.32 Å². The summed E-state index contributed by atoms with van der Waals surface area (Å²) in [4.78, 5) is 4.35. The third-order valence-electron chi connectivity index (χ3n) is 3.45. The first kappa shape index (κ1) is 13.4. The Labute approximate surface area is 122 Å². The quantitative estimate of drug-likeness (QED) is 0.795. The summed E-state index contributed by atoms with van der Waals surface area (Å²) in [6.07, 6.45) is 5.16. The number of nitrogens with one attached hydrogen (secondary N) is 1. The first-order chi connectivity index (χ1) is 10.2. The van der Waals surface area contributed by atoms with E-state index in [2.05, 4.69) is 10.3 Å². The number of nitrogens with zero attached hydrogens (tertiary/aromatic N) is 2. The van der Waals surface area contributed by atoms with Crippen LogP contribution in [0, 0.1) is 12.7 Å². The van der Waals surface area contributed by atoms with E-state index in [1.165, 1.54) is 6.07 Å². The highest BCUT2D eigenvalue weighted by Gasteiger charge is 2.22. The van der Waals surface area contributed by atoms with E-state index in [0.29, 0.717) is 11.4 Å². The van der Waals surface area contributed by atoms with Crippen LogP contribution in [0.5, 0.6) is 0 Å². The highest BCUT2D eigenvalue weighted by molar-refractivity contribution is 5.54. The number of hydrogen-bond donors (Lipinski definition) is 1. The maximum absolute atomic E-state index is 14.1. The van der Waals surface area contributed by atoms with Crippen molar-refractivity contribution < 1.29 is 8.81 Å². The molecule has 4 nitrogen and oxygen atoms in total. The van der Waals surface area contributed by atoms with Crippen LogP contribution in [0.3, 0.4) is 0 Å². The second-order valence-electron chi connectivity index (χ2n) is 4.92. The van der Waals surface area contributed by atoms with Gasteiger partial charge in [0.1, 0.15) is 23.4 Å². The minimum absolute atomic E-state index is 0.291. The van der Waals surface area contributed by atoms with E-state index in [4.69, 9.17) is 4.42 Å². The number of para-hydroxylation sites is 1. The van der Waals surface area contributed by atoms with E-state index in [9.17, 15) is 4.39 Å². The first-order valence-electron chi connectivity index (χ1n) is 6.69. The van der Waals surface area contributed by atoms with Crippen LogP contribution in [0.15, 0.2) is 53.4 Å². The molecule has 108 valence electrons. The number of imidazole rings is 1. The van der Waals surface area contributed by atoms with E-state index in [1.54, 1.807) is 24.6 Å². The third kappa shape index (κ3) is 2.54. The summed E-state index contributed by atoms with van der Waals surface area (Å²) in [5, 5.41) is 3.21. The minimum atomic E-state index is -0.351. The number of aryl methyl sites for hydroxylation is 2. The normalized spacial score (nSPS) is 12.3. The molecule has 21 heavy (non-hydrogen) atoms. The molecule has 3 rings (SSSR count). The van der Waals surface area contributed by atoms with Gasteiger partial charge in [0.15, 0.2) is 0 Å². The molecule has 1 atom stereocenters. The number of halogens is 1. The SMILES string of the molecule is Cc1cccc(F)c1NC(c1ccco1)c1nccn1C. The van der Waals surface area contributed by atoms with Crippen LogP contribution >= 0.6 is 0 Å². The van der Waals surface area contributed by atoms with E-state index >= 15 is 0 Å². The number of furan rings is 1. The first-order valence-corrected chi connectivity index (χ1v) is 6.69. The van der Waals surface area contributed by atoms with Crippen molar-refractivity contribution in [1.29, 1.82) is 0 Å². The van der Waals surface area contributed by atoms with Gasteiger partial charge in [-0.2, -0.15) is 0 Å². The molecular formula is C16H16FN3O. The number of rotatable bonds is 4. The second kappa shape index (κ2) is 5.44. The smallest absolute Gasteiger partial charge is 0.146 e. The van der Waals surface area contributed by atoms with Crippen LogP contribution in [0.2, 0.25) is 0 Å². The second-order valence-corrected chi connectivity index (χ2v) is 4.92. The van der Waals surface area contributed by atoms with Gasteiger partial charge in [-0.05, 0) is 30.7 Å². The summed E-state index contributed by atoms with van der Waals surface area (Å²) in [7, 11) is 1.90. The predicted molar refractivity (Wildman–Crippen MR) is 78.5 cm³/mol. The lowest BCUT2D eigenvalue weighted by Gasteiger charge is -2.19. The molecule has 0 saturated heterocycles. The standard InChI is InChI=1S/C16H16FN3O/c1-11-5-3-6-12(17)14(11)19-15(13-7-4-10-21-13)16-18-8-9-20(16)2/h3-10,15,19H,1-2H3. The molecule has 0 spiro atoms. The van der Waals surface area contributed by atoms with E-state index < -0.39 is 0 Å². The van der Waals surface area contributed by atoms with Gasteiger partial charge >= 0.3 is 0 Å². The number of anilines is 1. The van der Waals surface area contributed by atoms with E-state index in [-0.39, 0.29) is 11.9 Å². The fraction of sp³-hybridized carbons (Fsp3) is 0.188. The van der Waals surface area contributed by atoms with Gasteiger partial charge in [-0.15, -0.1) is 0 Å². The van der Waals surface area contributed by atoms with Gasteiger partial charge in [0.25, 0.3) is 0 Å². The van der Waals surface area contributed by atoms with E-state index in [1.807, 2.05) is 36.9 Å². The Balaban J connectivity index is 2.03. The van der Waals surface area contributed by atoms with Crippen molar-refractivity contribution in [2.75, 3.05) is 5.32 Å². The van der Waals surface area contributed by atoms with Crippen molar-refractivity contribution in [2.24, 2.45) is 7.05 Å². The van der Waals surface area contributed by atoms with Crippen LogP contribution in [-0.2, 0) is 7.05 Å².